The van der Waals surface area contributed by atoms with Gasteiger partial charge in [0, 0.05) is 44.3 Å². The number of carbonyl (C=O) groups excluding carboxylic acids is 2. The SMILES string of the molecule is CC[C@H]1CN(C(=O)c2cnn(C(C)C)c2)CCC(=O)N1Cc1ccccc1. The second-order valence-corrected chi connectivity index (χ2v) is 7.37. The smallest absolute Gasteiger partial charge is 0.257 e. The Labute approximate surface area is 160 Å². The number of benzene rings is 1. The highest BCUT2D eigenvalue weighted by molar-refractivity contribution is 5.94. The molecule has 2 amide bonds. The zero-order valence-corrected chi connectivity index (χ0v) is 16.3. The molecule has 3 rings (SSSR count). The van der Waals surface area contributed by atoms with Crippen LogP contribution in [0.4, 0.5) is 0 Å². The van der Waals surface area contributed by atoms with Crippen LogP contribution in [0, 0.1) is 0 Å². The number of carbonyl (C=O) groups is 2. The van der Waals surface area contributed by atoms with Gasteiger partial charge in [-0.2, -0.15) is 5.10 Å². The minimum Gasteiger partial charge on any atom is -0.336 e. The van der Waals surface area contributed by atoms with Crippen molar-refractivity contribution in [2.75, 3.05) is 13.1 Å². The highest BCUT2D eigenvalue weighted by Gasteiger charge is 2.31. The summed E-state index contributed by atoms with van der Waals surface area (Å²) in [7, 11) is 0. The van der Waals surface area contributed by atoms with Gasteiger partial charge in [0.05, 0.1) is 11.8 Å². The van der Waals surface area contributed by atoms with Gasteiger partial charge in [0.1, 0.15) is 0 Å². The van der Waals surface area contributed by atoms with Gasteiger partial charge in [-0.1, -0.05) is 37.3 Å². The lowest BCUT2D eigenvalue weighted by atomic mass is 10.1. The van der Waals surface area contributed by atoms with Gasteiger partial charge in [-0.3, -0.25) is 14.3 Å². The monoisotopic (exact) mass is 368 g/mol. The van der Waals surface area contributed by atoms with E-state index in [-0.39, 0.29) is 23.9 Å². The standard InChI is InChI=1S/C21H28N4O2/c1-4-19-15-23(21(27)18-12-22-25(14-18)16(2)3)11-10-20(26)24(19)13-17-8-6-5-7-9-17/h5-9,12,14,16,19H,4,10-11,13,15H2,1-3H3/t19-/m0/s1. The molecule has 1 saturated heterocycles. The molecule has 1 aromatic heterocycles. The summed E-state index contributed by atoms with van der Waals surface area (Å²) in [6.45, 7) is 7.72. The largest absolute Gasteiger partial charge is 0.336 e. The molecule has 0 saturated carbocycles. The topological polar surface area (TPSA) is 58.4 Å². The molecule has 0 unspecified atom stereocenters. The zero-order chi connectivity index (χ0) is 19.4. The highest BCUT2D eigenvalue weighted by atomic mass is 16.2. The molecule has 0 radical (unpaired) electrons. The quantitative estimate of drug-likeness (QED) is 0.815. The van der Waals surface area contributed by atoms with E-state index in [0.29, 0.717) is 31.6 Å². The molecule has 27 heavy (non-hydrogen) atoms. The molecule has 1 aliphatic heterocycles. The first kappa shape index (κ1) is 19.1. The van der Waals surface area contributed by atoms with Gasteiger partial charge in [0.15, 0.2) is 0 Å². The summed E-state index contributed by atoms with van der Waals surface area (Å²) in [5.41, 5.74) is 1.70. The molecule has 1 fully saturated rings. The van der Waals surface area contributed by atoms with Gasteiger partial charge in [-0.05, 0) is 25.8 Å². The Morgan fingerprint density at radius 2 is 2.00 bits per heavy atom. The summed E-state index contributed by atoms with van der Waals surface area (Å²) in [5, 5.41) is 4.27. The molecule has 144 valence electrons. The van der Waals surface area contributed by atoms with E-state index in [4.69, 9.17) is 0 Å². The molecule has 0 N–H and O–H groups in total. The van der Waals surface area contributed by atoms with Crippen molar-refractivity contribution >= 4 is 11.8 Å². The van der Waals surface area contributed by atoms with Crippen LogP contribution in [-0.2, 0) is 11.3 Å². The Balaban J connectivity index is 1.76. The van der Waals surface area contributed by atoms with Crippen LogP contribution in [0.2, 0.25) is 0 Å². The van der Waals surface area contributed by atoms with E-state index in [9.17, 15) is 9.59 Å². The van der Waals surface area contributed by atoms with E-state index < -0.39 is 0 Å². The van der Waals surface area contributed by atoms with Crippen LogP contribution in [0.5, 0.6) is 0 Å². The van der Waals surface area contributed by atoms with Gasteiger partial charge in [0.25, 0.3) is 5.91 Å². The number of aromatic nitrogens is 2. The lowest BCUT2D eigenvalue weighted by Crippen LogP contribution is -2.43. The Bertz CT molecular complexity index is 784. The molecule has 2 aromatic rings. The lowest BCUT2D eigenvalue weighted by Gasteiger charge is -2.31. The third-order valence-electron chi connectivity index (χ3n) is 5.12. The normalized spacial score (nSPS) is 18.1. The predicted molar refractivity (Wildman–Crippen MR) is 104 cm³/mol. The number of hydrogen-bond donors (Lipinski definition) is 0. The van der Waals surface area contributed by atoms with Crippen LogP contribution < -0.4 is 0 Å². The fourth-order valence-electron chi connectivity index (χ4n) is 3.47. The first-order valence-corrected chi connectivity index (χ1v) is 9.66. The number of amides is 2. The van der Waals surface area contributed by atoms with Gasteiger partial charge in [-0.15, -0.1) is 0 Å². The maximum atomic E-state index is 13.0. The van der Waals surface area contributed by atoms with Crippen molar-refractivity contribution in [2.24, 2.45) is 0 Å². The van der Waals surface area contributed by atoms with Crippen molar-refractivity contribution in [1.29, 1.82) is 0 Å². The second kappa shape index (κ2) is 8.37. The molecular formula is C21H28N4O2. The van der Waals surface area contributed by atoms with Gasteiger partial charge < -0.3 is 9.80 Å². The first-order valence-electron chi connectivity index (χ1n) is 9.66. The van der Waals surface area contributed by atoms with Crippen LogP contribution in [0.1, 0.15) is 55.6 Å². The van der Waals surface area contributed by atoms with E-state index >= 15 is 0 Å². The maximum Gasteiger partial charge on any atom is 0.257 e. The molecule has 0 aliphatic carbocycles. The average Bonchev–Trinajstić information content (AvgIpc) is 3.12. The van der Waals surface area contributed by atoms with Crippen LogP contribution in [0.3, 0.4) is 0 Å². The van der Waals surface area contributed by atoms with Crippen molar-refractivity contribution in [3.63, 3.8) is 0 Å². The molecule has 6 nitrogen and oxygen atoms in total. The zero-order valence-electron chi connectivity index (χ0n) is 16.3. The van der Waals surface area contributed by atoms with Crippen LogP contribution in [0.15, 0.2) is 42.7 Å². The summed E-state index contributed by atoms with van der Waals surface area (Å²) >= 11 is 0. The maximum absolute atomic E-state index is 13.0. The van der Waals surface area contributed by atoms with Gasteiger partial charge >= 0.3 is 0 Å². The Morgan fingerprint density at radius 3 is 2.63 bits per heavy atom. The van der Waals surface area contributed by atoms with Crippen LogP contribution >= 0.6 is 0 Å². The lowest BCUT2D eigenvalue weighted by molar-refractivity contribution is -0.133. The van der Waals surface area contributed by atoms with E-state index in [2.05, 4.69) is 12.0 Å². The van der Waals surface area contributed by atoms with Crippen molar-refractivity contribution in [1.82, 2.24) is 19.6 Å². The summed E-state index contributed by atoms with van der Waals surface area (Å²) in [6, 6.07) is 10.2. The molecule has 1 aromatic carbocycles. The molecular weight excluding hydrogens is 340 g/mol. The van der Waals surface area contributed by atoms with Gasteiger partial charge in [-0.25, -0.2) is 0 Å². The molecule has 6 heteroatoms. The summed E-state index contributed by atoms with van der Waals surface area (Å²) in [4.78, 5) is 29.5. The Morgan fingerprint density at radius 1 is 1.26 bits per heavy atom. The Kier molecular flexibility index (Phi) is 5.94. The molecule has 2 heterocycles. The van der Waals surface area contributed by atoms with E-state index in [1.807, 2.05) is 49.1 Å². The fourth-order valence-corrected chi connectivity index (χ4v) is 3.47. The second-order valence-electron chi connectivity index (χ2n) is 7.37. The number of rotatable bonds is 5. The molecule has 1 aliphatic rings. The molecule has 0 bridgehead atoms. The van der Waals surface area contributed by atoms with Crippen molar-refractivity contribution in [3.8, 4) is 0 Å². The third kappa shape index (κ3) is 4.38. The van der Waals surface area contributed by atoms with Crippen molar-refractivity contribution in [3.05, 3.63) is 53.9 Å². The Hall–Kier alpha value is -2.63. The average molecular weight is 368 g/mol. The van der Waals surface area contributed by atoms with Crippen LogP contribution in [0.25, 0.3) is 0 Å². The molecule has 0 spiro atoms. The van der Waals surface area contributed by atoms with Gasteiger partial charge in [0.2, 0.25) is 5.91 Å². The summed E-state index contributed by atoms with van der Waals surface area (Å²) in [6.07, 6.45) is 4.58. The number of nitrogens with zero attached hydrogens (tertiary/aromatic N) is 4. The number of hydrogen-bond acceptors (Lipinski definition) is 3. The fraction of sp³-hybridized carbons (Fsp3) is 0.476. The summed E-state index contributed by atoms with van der Waals surface area (Å²) < 4.78 is 1.79. The van der Waals surface area contributed by atoms with E-state index in [1.54, 1.807) is 22.0 Å². The van der Waals surface area contributed by atoms with Crippen LogP contribution in [-0.4, -0.2) is 50.5 Å². The van der Waals surface area contributed by atoms with E-state index in [1.165, 1.54) is 0 Å². The minimum atomic E-state index is -0.0466. The first-order chi connectivity index (χ1) is 13.0. The highest BCUT2D eigenvalue weighted by Crippen LogP contribution is 2.19. The van der Waals surface area contributed by atoms with Crippen molar-refractivity contribution < 1.29 is 9.59 Å². The van der Waals surface area contributed by atoms with Crippen molar-refractivity contribution in [2.45, 2.75) is 52.2 Å². The van der Waals surface area contributed by atoms with E-state index in [0.717, 1.165) is 12.0 Å². The predicted octanol–water partition coefficient (Wildman–Crippen LogP) is 3.12. The molecule has 1 atom stereocenters. The minimum absolute atomic E-state index is 0.0179. The third-order valence-corrected chi connectivity index (χ3v) is 5.12. The summed E-state index contributed by atoms with van der Waals surface area (Å²) in [5.74, 6) is 0.0635.